The van der Waals surface area contributed by atoms with Crippen molar-refractivity contribution >= 4 is 28.5 Å². The second kappa shape index (κ2) is 6.77. The zero-order valence-corrected chi connectivity index (χ0v) is 15.2. The first-order chi connectivity index (χ1) is 13.2. The Labute approximate surface area is 162 Å². The maximum Gasteiger partial charge on any atom is 0.419 e. The number of carbonyl (C=O) groups excluding carboxylic acids is 1. The Hall–Kier alpha value is -2.61. The molecule has 4 nitrogen and oxygen atoms in total. The van der Waals surface area contributed by atoms with Crippen LogP contribution in [-0.4, -0.2) is 33.4 Å². The van der Waals surface area contributed by atoms with Crippen LogP contribution >= 0.6 is 11.6 Å². The van der Waals surface area contributed by atoms with Gasteiger partial charge in [-0.3, -0.25) is 9.78 Å². The number of benzene rings is 1. The fourth-order valence-electron chi connectivity index (χ4n) is 3.15. The fraction of sp³-hybridized carbons (Fsp3) is 0.263. The van der Waals surface area contributed by atoms with E-state index in [1.807, 2.05) is 0 Å². The van der Waals surface area contributed by atoms with Gasteiger partial charge in [0, 0.05) is 31.0 Å². The molecular formula is C19H14ClF4N3O. The quantitative estimate of drug-likeness (QED) is 0.583. The number of hydrogen-bond donors (Lipinski definition) is 0. The highest BCUT2D eigenvalue weighted by Crippen LogP contribution is 2.35. The normalized spacial score (nSPS) is 14.4. The van der Waals surface area contributed by atoms with Gasteiger partial charge in [0.2, 0.25) is 5.91 Å². The van der Waals surface area contributed by atoms with E-state index in [2.05, 4.69) is 4.98 Å². The molecule has 0 saturated carbocycles. The highest BCUT2D eigenvalue weighted by molar-refractivity contribution is 6.35. The summed E-state index contributed by atoms with van der Waals surface area (Å²) in [5.41, 5.74) is 0.159. The van der Waals surface area contributed by atoms with Crippen molar-refractivity contribution in [2.45, 2.75) is 19.1 Å². The molecule has 0 atom stereocenters. The third-order valence-electron chi connectivity index (χ3n) is 4.79. The van der Waals surface area contributed by atoms with Gasteiger partial charge in [0.25, 0.3) is 0 Å². The van der Waals surface area contributed by atoms with Gasteiger partial charge >= 0.3 is 6.18 Å². The number of amides is 1. The van der Waals surface area contributed by atoms with Gasteiger partial charge in [-0.25, -0.2) is 4.39 Å². The van der Waals surface area contributed by atoms with Gasteiger partial charge in [-0.1, -0.05) is 17.7 Å². The maximum absolute atomic E-state index is 13.6. The second-order valence-corrected chi connectivity index (χ2v) is 7.03. The summed E-state index contributed by atoms with van der Waals surface area (Å²) in [5.74, 6) is -1.40. The van der Waals surface area contributed by atoms with Gasteiger partial charge in [-0.05, 0) is 30.2 Å². The molecule has 0 aliphatic carbocycles. The molecule has 1 saturated heterocycles. The third-order valence-corrected chi connectivity index (χ3v) is 5.07. The summed E-state index contributed by atoms with van der Waals surface area (Å²) in [5, 5.41) is 0.341. The van der Waals surface area contributed by atoms with Crippen molar-refractivity contribution in [1.82, 2.24) is 14.5 Å². The Balaban J connectivity index is 1.75. The van der Waals surface area contributed by atoms with Crippen LogP contribution in [0.3, 0.4) is 0 Å². The van der Waals surface area contributed by atoms with E-state index >= 15 is 0 Å². The first-order valence-electron chi connectivity index (χ1n) is 8.53. The lowest BCUT2D eigenvalue weighted by molar-refractivity contribution is -0.140. The van der Waals surface area contributed by atoms with Crippen LogP contribution in [0.5, 0.6) is 0 Å². The van der Waals surface area contributed by atoms with Crippen molar-refractivity contribution in [1.29, 1.82) is 0 Å². The SMILES string of the molecule is O=C(Cn1cc(Cl)c2ncc(-c3ccc(F)c(C(F)(F)F)c3)cc21)N1CCC1. The number of pyridine rings is 1. The van der Waals surface area contributed by atoms with Gasteiger partial charge < -0.3 is 9.47 Å². The van der Waals surface area contributed by atoms with E-state index in [0.29, 0.717) is 34.7 Å². The van der Waals surface area contributed by atoms with E-state index in [4.69, 9.17) is 11.6 Å². The summed E-state index contributed by atoms with van der Waals surface area (Å²) in [6, 6.07) is 4.39. The summed E-state index contributed by atoms with van der Waals surface area (Å²) in [6.45, 7) is 1.49. The van der Waals surface area contributed by atoms with Crippen LogP contribution < -0.4 is 0 Å². The van der Waals surface area contributed by atoms with Crippen molar-refractivity contribution in [2.75, 3.05) is 13.1 Å². The average Bonchev–Trinajstić information content (AvgIpc) is 2.88. The lowest BCUT2D eigenvalue weighted by Crippen LogP contribution is -2.43. The monoisotopic (exact) mass is 411 g/mol. The second-order valence-electron chi connectivity index (χ2n) is 6.62. The summed E-state index contributed by atoms with van der Waals surface area (Å²) in [6.07, 6.45) is -0.878. The van der Waals surface area contributed by atoms with E-state index in [9.17, 15) is 22.4 Å². The molecule has 1 aliphatic rings. The highest BCUT2D eigenvalue weighted by atomic mass is 35.5. The molecule has 0 spiro atoms. The van der Waals surface area contributed by atoms with Gasteiger partial charge in [-0.15, -0.1) is 0 Å². The minimum Gasteiger partial charge on any atom is -0.341 e. The number of rotatable bonds is 3. The number of nitrogens with zero attached hydrogens (tertiary/aromatic N) is 3. The number of hydrogen-bond acceptors (Lipinski definition) is 2. The lowest BCUT2D eigenvalue weighted by Gasteiger charge is -2.31. The van der Waals surface area contributed by atoms with E-state index in [1.165, 1.54) is 12.3 Å². The van der Waals surface area contributed by atoms with Crippen molar-refractivity contribution in [3.8, 4) is 11.1 Å². The molecule has 0 N–H and O–H groups in total. The molecule has 9 heteroatoms. The van der Waals surface area contributed by atoms with Crippen LogP contribution in [0.15, 0.2) is 36.7 Å². The number of aromatic nitrogens is 2. The van der Waals surface area contributed by atoms with Gasteiger partial charge in [0.1, 0.15) is 17.9 Å². The molecule has 1 aromatic carbocycles. The van der Waals surface area contributed by atoms with Crippen LogP contribution in [-0.2, 0) is 17.5 Å². The predicted octanol–water partition coefficient (Wildman–Crippen LogP) is 4.75. The summed E-state index contributed by atoms with van der Waals surface area (Å²) in [7, 11) is 0. The molecule has 0 radical (unpaired) electrons. The number of fused-ring (bicyclic) bond motifs is 1. The van der Waals surface area contributed by atoms with Crippen LogP contribution in [0.4, 0.5) is 17.6 Å². The van der Waals surface area contributed by atoms with Gasteiger partial charge in [-0.2, -0.15) is 13.2 Å². The molecule has 1 aliphatic heterocycles. The van der Waals surface area contributed by atoms with Crippen molar-refractivity contribution in [3.05, 3.63) is 53.1 Å². The minimum atomic E-state index is -4.80. The van der Waals surface area contributed by atoms with E-state index in [1.54, 1.807) is 21.7 Å². The first kappa shape index (κ1) is 18.7. The van der Waals surface area contributed by atoms with E-state index in [-0.39, 0.29) is 18.0 Å². The Bertz CT molecular complexity index is 1070. The standard InChI is InChI=1S/C19H14ClF4N3O/c20-14-9-27(10-17(28)26-4-1-5-26)16-7-12(8-25-18(14)16)11-2-3-15(21)13(6-11)19(22,23)24/h2-3,6-9H,1,4-5,10H2. The molecular weight excluding hydrogens is 398 g/mol. The van der Waals surface area contributed by atoms with Crippen molar-refractivity contribution < 1.29 is 22.4 Å². The van der Waals surface area contributed by atoms with Crippen LogP contribution in [0.1, 0.15) is 12.0 Å². The minimum absolute atomic E-state index is 0.0611. The Morgan fingerprint density at radius 3 is 2.57 bits per heavy atom. The average molecular weight is 412 g/mol. The molecule has 2 aromatic heterocycles. The van der Waals surface area contributed by atoms with Gasteiger partial charge in [0.05, 0.1) is 16.1 Å². The molecule has 146 valence electrons. The molecule has 1 fully saturated rings. The molecule has 3 aromatic rings. The summed E-state index contributed by atoms with van der Waals surface area (Å²) >= 11 is 6.19. The van der Waals surface area contributed by atoms with Crippen molar-refractivity contribution in [2.24, 2.45) is 0 Å². The molecule has 0 bridgehead atoms. The summed E-state index contributed by atoms with van der Waals surface area (Å²) < 4.78 is 54.2. The summed E-state index contributed by atoms with van der Waals surface area (Å²) in [4.78, 5) is 18.2. The maximum atomic E-state index is 13.6. The lowest BCUT2D eigenvalue weighted by atomic mass is 10.0. The van der Waals surface area contributed by atoms with E-state index < -0.39 is 17.6 Å². The molecule has 28 heavy (non-hydrogen) atoms. The zero-order valence-electron chi connectivity index (χ0n) is 14.4. The number of carbonyl (C=O) groups is 1. The first-order valence-corrected chi connectivity index (χ1v) is 8.91. The Morgan fingerprint density at radius 1 is 1.18 bits per heavy atom. The predicted molar refractivity (Wildman–Crippen MR) is 96.3 cm³/mol. The fourth-order valence-corrected chi connectivity index (χ4v) is 3.41. The van der Waals surface area contributed by atoms with Crippen LogP contribution in [0.2, 0.25) is 5.02 Å². The Kier molecular flexibility index (Phi) is 4.53. The van der Waals surface area contributed by atoms with Crippen LogP contribution in [0, 0.1) is 5.82 Å². The topological polar surface area (TPSA) is 38.1 Å². The largest absolute Gasteiger partial charge is 0.419 e. The molecule has 0 unspecified atom stereocenters. The van der Waals surface area contributed by atoms with Crippen molar-refractivity contribution in [3.63, 3.8) is 0 Å². The molecule has 4 rings (SSSR count). The number of alkyl halides is 3. The van der Waals surface area contributed by atoms with E-state index in [0.717, 1.165) is 18.6 Å². The third kappa shape index (κ3) is 3.32. The molecule has 3 heterocycles. The number of halogens is 5. The number of likely N-dealkylation sites (tertiary alicyclic amines) is 1. The smallest absolute Gasteiger partial charge is 0.341 e. The Morgan fingerprint density at radius 2 is 1.93 bits per heavy atom. The molecule has 1 amide bonds. The zero-order chi connectivity index (χ0) is 20.1. The van der Waals surface area contributed by atoms with Gasteiger partial charge in [0.15, 0.2) is 0 Å². The van der Waals surface area contributed by atoms with Crippen LogP contribution in [0.25, 0.3) is 22.2 Å². The highest BCUT2D eigenvalue weighted by Gasteiger charge is 2.34.